The molecular weight excluding hydrogens is 316 g/mol. The number of thioether (sulfide) groups is 1. The largest absolute Gasteiger partial charge is 0.352 e. The number of anilines is 1. The van der Waals surface area contributed by atoms with Crippen molar-refractivity contribution in [1.29, 1.82) is 0 Å². The molecule has 1 aliphatic rings. The highest BCUT2D eigenvalue weighted by molar-refractivity contribution is 8.01. The van der Waals surface area contributed by atoms with Crippen LogP contribution in [0.5, 0.6) is 0 Å². The molecule has 2 rings (SSSR count). The average Bonchev–Trinajstić information content (AvgIpc) is 2.38. The van der Waals surface area contributed by atoms with Crippen molar-refractivity contribution < 1.29 is 8.42 Å². The van der Waals surface area contributed by atoms with E-state index in [1.807, 2.05) is 17.0 Å². The number of hydrogen-bond acceptors (Lipinski definition) is 5. The van der Waals surface area contributed by atoms with Gasteiger partial charge in [0.2, 0.25) is 0 Å². The quantitative estimate of drug-likeness (QED) is 0.909. The van der Waals surface area contributed by atoms with Crippen LogP contribution in [0.15, 0.2) is 18.2 Å². The molecule has 0 spiro atoms. The van der Waals surface area contributed by atoms with Gasteiger partial charge >= 0.3 is 0 Å². The van der Waals surface area contributed by atoms with Crippen molar-refractivity contribution in [2.24, 2.45) is 5.73 Å². The van der Waals surface area contributed by atoms with E-state index in [0.29, 0.717) is 30.3 Å². The Hall–Kier alpha value is -0.430. The van der Waals surface area contributed by atoms with Crippen LogP contribution in [0.1, 0.15) is 5.56 Å². The second-order valence-electron chi connectivity index (χ2n) is 4.84. The molecule has 0 amide bonds. The first-order chi connectivity index (χ1) is 9.45. The molecule has 0 aromatic heterocycles. The molecule has 2 N–H and O–H groups in total. The molecule has 1 saturated heterocycles. The van der Waals surface area contributed by atoms with Crippen LogP contribution in [0, 0.1) is 0 Å². The maximum absolute atomic E-state index is 12.0. The van der Waals surface area contributed by atoms with Gasteiger partial charge < -0.3 is 10.6 Å². The van der Waals surface area contributed by atoms with E-state index < -0.39 is 15.2 Å². The van der Waals surface area contributed by atoms with E-state index >= 15 is 0 Å². The fraction of sp³-hybridized carbons (Fsp3) is 0.538. The van der Waals surface area contributed by atoms with Gasteiger partial charge in [-0.05, 0) is 24.6 Å². The lowest BCUT2D eigenvalue weighted by Gasteiger charge is -2.37. The zero-order valence-corrected chi connectivity index (χ0v) is 13.8. The predicted octanol–water partition coefficient (Wildman–Crippen LogP) is 1.77. The lowest BCUT2D eigenvalue weighted by molar-refractivity contribution is 0.584. The molecule has 0 aliphatic carbocycles. The summed E-state index contributed by atoms with van der Waals surface area (Å²) < 4.78 is 24.1. The Balaban J connectivity index is 2.47. The molecule has 1 atom stereocenters. The van der Waals surface area contributed by atoms with Crippen molar-refractivity contribution in [3.63, 3.8) is 0 Å². The summed E-state index contributed by atoms with van der Waals surface area (Å²) in [5, 5.41) is 0.0779. The van der Waals surface area contributed by atoms with E-state index in [9.17, 15) is 8.42 Å². The summed E-state index contributed by atoms with van der Waals surface area (Å²) in [6, 6.07) is 5.65. The molecular formula is C13H19ClN2O2S2. The number of nitrogens with zero attached hydrogens (tertiary/aromatic N) is 1. The third kappa shape index (κ3) is 3.42. The minimum Gasteiger partial charge on any atom is -0.352 e. The lowest BCUT2D eigenvalue weighted by Crippen LogP contribution is -2.47. The van der Waals surface area contributed by atoms with Gasteiger partial charge in [-0.3, -0.25) is 0 Å². The van der Waals surface area contributed by atoms with Crippen molar-refractivity contribution in [2.75, 3.05) is 35.8 Å². The molecule has 20 heavy (non-hydrogen) atoms. The summed E-state index contributed by atoms with van der Waals surface area (Å²) in [5.41, 5.74) is 7.49. The van der Waals surface area contributed by atoms with Crippen molar-refractivity contribution in [3.8, 4) is 0 Å². The Labute approximate surface area is 129 Å². The smallest absolute Gasteiger partial charge is 0.169 e. The zero-order chi connectivity index (χ0) is 14.8. The van der Waals surface area contributed by atoms with Gasteiger partial charge in [0, 0.05) is 24.3 Å². The average molecular weight is 335 g/mol. The molecule has 112 valence electrons. The Kier molecular flexibility index (Phi) is 5.23. The minimum absolute atomic E-state index is 0.513. The third-order valence-corrected chi connectivity index (χ3v) is 6.30. The van der Waals surface area contributed by atoms with Crippen molar-refractivity contribution in [2.45, 2.75) is 11.8 Å². The molecule has 1 fully saturated rings. The number of halogens is 1. The van der Waals surface area contributed by atoms with Crippen molar-refractivity contribution in [3.05, 3.63) is 28.8 Å². The monoisotopic (exact) mass is 334 g/mol. The molecule has 4 nitrogen and oxygen atoms in total. The summed E-state index contributed by atoms with van der Waals surface area (Å²) in [6.45, 7) is 1.20. The number of hydrogen-bond donors (Lipinski definition) is 1. The van der Waals surface area contributed by atoms with Gasteiger partial charge in [-0.25, -0.2) is 8.42 Å². The molecule has 7 heteroatoms. The Morgan fingerprint density at radius 2 is 2.25 bits per heavy atom. The van der Waals surface area contributed by atoms with Crippen LogP contribution in [0.4, 0.5) is 5.69 Å². The van der Waals surface area contributed by atoms with E-state index in [1.165, 1.54) is 6.26 Å². The van der Waals surface area contributed by atoms with Crippen LogP contribution in [0.25, 0.3) is 0 Å². The first kappa shape index (κ1) is 15.9. The van der Waals surface area contributed by atoms with E-state index in [1.54, 1.807) is 17.8 Å². The van der Waals surface area contributed by atoms with E-state index in [0.717, 1.165) is 17.0 Å². The maximum atomic E-state index is 12.0. The molecule has 1 unspecified atom stereocenters. The maximum Gasteiger partial charge on any atom is 0.169 e. The highest BCUT2D eigenvalue weighted by Crippen LogP contribution is 2.35. The topological polar surface area (TPSA) is 63.4 Å². The molecule has 1 aromatic rings. The molecule has 0 radical (unpaired) electrons. The minimum atomic E-state index is -3.16. The Bertz CT molecular complexity index is 578. The number of nitrogens with two attached hydrogens (primary N) is 1. The van der Waals surface area contributed by atoms with E-state index in [-0.39, 0.29) is 0 Å². The van der Waals surface area contributed by atoms with Gasteiger partial charge in [0.05, 0.1) is 10.7 Å². The molecule has 1 heterocycles. The molecule has 0 saturated carbocycles. The van der Waals surface area contributed by atoms with Gasteiger partial charge in [-0.15, -0.1) is 0 Å². The van der Waals surface area contributed by atoms with Crippen molar-refractivity contribution in [1.82, 2.24) is 0 Å². The number of rotatable bonds is 4. The second-order valence-corrected chi connectivity index (χ2v) is 8.60. The fourth-order valence-electron chi connectivity index (χ4n) is 2.43. The van der Waals surface area contributed by atoms with Gasteiger partial charge in [-0.1, -0.05) is 23.7 Å². The standard InChI is InChI=1S/C13H19ClN2O2S2/c1-20(17,18)12-9-19-8-7-16(12)13-10(5-6-15)3-2-4-11(13)14/h2-4,12H,5-9,15H2,1H3. The number of sulfone groups is 1. The normalized spacial score (nSPS) is 20.1. The molecule has 1 aliphatic heterocycles. The van der Waals surface area contributed by atoms with E-state index in [4.69, 9.17) is 17.3 Å². The lowest BCUT2D eigenvalue weighted by atomic mass is 10.1. The highest BCUT2D eigenvalue weighted by Gasteiger charge is 2.33. The Morgan fingerprint density at radius 3 is 2.90 bits per heavy atom. The molecule has 1 aromatic carbocycles. The SMILES string of the molecule is CS(=O)(=O)C1CSCCN1c1c(Cl)cccc1CCN. The zero-order valence-electron chi connectivity index (χ0n) is 11.4. The van der Waals surface area contributed by atoms with Gasteiger partial charge in [0.1, 0.15) is 5.37 Å². The fourth-order valence-corrected chi connectivity index (χ4v) is 5.56. The highest BCUT2D eigenvalue weighted by atomic mass is 35.5. The summed E-state index contributed by atoms with van der Waals surface area (Å²) >= 11 is 7.99. The van der Waals surface area contributed by atoms with Gasteiger partial charge in [-0.2, -0.15) is 11.8 Å². The van der Waals surface area contributed by atoms with Crippen molar-refractivity contribution >= 4 is 38.9 Å². The molecule has 0 bridgehead atoms. The Morgan fingerprint density at radius 1 is 1.50 bits per heavy atom. The summed E-state index contributed by atoms with van der Waals surface area (Å²) in [6.07, 6.45) is 1.98. The number of benzene rings is 1. The van der Waals surface area contributed by atoms with E-state index in [2.05, 4.69) is 0 Å². The van der Waals surface area contributed by atoms with Crippen LogP contribution in [-0.2, 0) is 16.3 Å². The summed E-state index contributed by atoms with van der Waals surface area (Å²) in [4.78, 5) is 1.93. The van der Waals surface area contributed by atoms with Crippen LogP contribution in [-0.4, -0.2) is 44.6 Å². The van der Waals surface area contributed by atoms with Crippen LogP contribution >= 0.6 is 23.4 Å². The predicted molar refractivity (Wildman–Crippen MR) is 87.5 cm³/mol. The van der Waals surface area contributed by atoms with Crippen LogP contribution in [0.2, 0.25) is 5.02 Å². The summed E-state index contributed by atoms with van der Waals surface area (Å²) in [7, 11) is -3.16. The van der Waals surface area contributed by atoms with Gasteiger partial charge in [0.25, 0.3) is 0 Å². The summed E-state index contributed by atoms with van der Waals surface area (Å²) in [5.74, 6) is 1.48. The number of para-hydroxylation sites is 1. The van der Waals surface area contributed by atoms with Gasteiger partial charge in [0.15, 0.2) is 9.84 Å². The first-order valence-electron chi connectivity index (χ1n) is 6.46. The first-order valence-corrected chi connectivity index (χ1v) is 9.94. The third-order valence-electron chi connectivity index (χ3n) is 3.35. The second kappa shape index (κ2) is 6.56. The van der Waals surface area contributed by atoms with Crippen LogP contribution in [0.3, 0.4) is 0 Å². The van der Waals surface area contributed by atoms with Crippen LogP contribution < -0.4 is 10.6 Å².